The van der Waals surface area contributed by atoms with Gasteiger partial charge in [-0.05, 0) is 29.9 Å². The molecule has 0 saturated heterocycles. The molecule has 0 atom stereocenters. The van der Waals surface area contributed by atoms with Gasteiger partial charge in [0.05, 0.1) is 0 Å². The van der Waals surface area contributed by atoms with Gasteiger partial charge in [-0.2, -0.15) is 0 Å². The van der Waals surface area contributed by atoms with E-state index in [4.69, 9.17) is 5.21 Å². The van der Waals surface area contributed by atoms with Gasteiger partial charge in [0.25, 0.3) is 0 Å². The van der Waals surface area contributed by atoms with Gasteiger partial charge in [0.15, 0.2) is 5.78 Å². The lowest BCUT2D eigenvalue weighted by Crippen LogP contribution is -2.04. The second kappa shape index (κ2) is 3.16. The Bertz CT molecular complexity index is 231. The summed E-state index contributed by atoms with van der Waals surface area (Å²) in [5.41, 5.74) is 0.801. The first kappa shape index (κ1) is 7.75. The Morgan fingerprint density at radius 3 is 2.36 bits per heavy atom. The molecule has 0 heterocycles. The molecule has 0 aliphatic heterocycles. The molecule has 11 heavy (non-hydrogen) atoms. The molecule has 1 rings (SSSR count). The normalized spacial score (nSPS) is 15.5. The largest absolute Gasteiger partial charge is 0.290 e. The van der Waals surface area contributed by atoms with Crippen molar-refractivity contribution in [2.45, 2.75) is 0 Å². The molecule has 58 valence electrons. The van der Waals surface area contributed by atoms with Crippen molar-refractivity contribution >= 4 is 5.78 Å². The van der Waals surface area contributed by atoms with E-state index in [0.29, 0.717) is 0 Å². The minimum absolute atomic E-state index is 0.0252. The highest BCUT2D eigenvalue weighted by Gasteiger charge is 1.97. The summed E-state index contributed by atoms with van der Waals surface area (Å²) >= 11 is 0. The van der Waals surface area contributed by atoms with Crippen molar-refractivity contribution in [3.8, 4) is 0 Å². The van der Waals surface area contributed by atoms with E-state index in [9.17, 15) is 4.79 Å². The molecule has 3 heteroatoms. The van der Waals surface area contributed by atoms with Gasteiger partial charge in [-0.3, -0.25) is 15.1 Å². The van der Waals surface area contributed by atoms with Gasteiger partial charge in [-0.25, -0.2) is 0 Å². The molecule has 0 radical (unpaired) electrons. The van der Waals surface area contributed by atoms with Crippen LogP contribution in [0.25, 0.3) is 0 Å². The lowest BCUT2D eigenvalue weighted by Gasteiger charge is -2.05. The van der Waals surface area contributed by atoms with Crippen LogP contribution in [0.2, 0.25) is 0 Å². The average molecular weight is 151 g/mol. The van der Waals surface area contributed by atoms with Crippen LogP contribution in [-0.2, 0) is 4.79 Å². The van der Waals surface area contributed by atoms with E-state index in [1.165, 1.54) is 25.4 Å². The zero-order chi connectivity index (χ0) is 8.27. The van der Waals surface area contributed by atoms with Crippen LogP contribution in [0, 0.1) is 0 Å². The van der Waals surface area contributed by atoms with Gasteiger partial charge in [0, 0.05) is 13.2 Å². The zero-order valence-corrected chi connectivity index (χ0v) is 6.19. The topological polar surface area (TPSA) is 40.5 Å². The fourth-order valence-corrected chi connectivity index (χ4v) is 0.770. The fourth-order valence-electron chi connectivity index (χ4n) is 0.770. The summed E-state index contributed by atoms with van der Waals surface area (Å²) in [6, 6.07) is 0. The second-order valence-electron chi connectivity index (χ2n) is 2.27. The molecule has 0 unspecified atom stereocenters. The summed E-state index contributed by atoms with van der Waals surface area (Å²) < 4.78 is 0. The third kappa shape index (κ3) is 2.39. The maximum absolute atomic E-state index is 10.6. The highest BCUT2D eigenvalue weighted by molar-refractivity contribution is 6.01. The minimum atomic E-state index is -0.0252. The van der Waals surface area contributed by atoms with Gasteiger partial charge in [0.1, 0.15) is 0 Å². The molecule has 1 N–H and O–H groups in total. The lowest BCUT2D eigenvalue weighted by atomic mass is 10.1. The monoisotopic (exact) mass is 151 g/mol. The van der Waals surface area contributed by atoms with Gasteiger partial charge in [-0.15, -0.1) is 0 Å². The van der Waals surface area contributed by atoms with E-state index in [0.717, 1.165) is 10.6 Å². The Hall–Kier alpha value is -1.35. The van der Waals surface area contributed by atoms with Crippen LogP contribution in [0.15, 0.2) is 36.1 Å². The van der Waals surface area contributed by atoms with Crippen molar-refractivity contribution in [2.24, 2.45) is 0 Å². The highest BCUT2D eigenvalue weighted by atomic mass is 16.5. The molecule has 0 fully saturated rings. The molecule has 0 amide bonds. The van der Waals surface area contributed by atoms with E-state index < -0.39 is 0 Å². The standard InChI is InChI=1S/C8H9NO2/c1-9(11)6-7-2-4-8(10)5-3-7/h2-6,11H,1H3. The summed E-state index contributed by atoms with van der Waals surface area (Å²) in [6.45, 7) is 0. The molecule has 0 bridgehead atoms. The van der Waals surface area contributed by atoms with E-state index in [2.05, 4.69) is 0 Å². The fraction of sp³-hybridized carbons (Fsp3) is 0.125. The van der Waals surface area contributed by atoms with Crippen LogP contribution in [0.5, 0.6) is 0 Å². The Balaban J connectivity index is 2.72. The maximum atomic E-state index is 10.6. The zero-order valence-electron chi connectivity index (χ0n) is 6.19. The second-order valence-corrected chi connectivity index (χ2v) is 2.27. The summed E-state index contributed by atoms with van der Waals surface area (Å²) in [4.78, 5) is 10.6. The van der Waals surface area contributed by atoms with Crippen molar-refractivity contribution in [1.82, 2.24) is 5.06 Å². The third-order valence-corrected chi connectivity index (χ3v) is 1.22. The molecule has 0 saturated carbocycles. The predicted molar refractivity (Wildman–Crippen MR) is 40.9 cm³/mol. The third-order valence-electron chi connectivity index (χ3n) is 1.22. The van der Waals surface area contributed by atoms with Crippen LogP contribution in [0.1, 0.15) is 0 Å². The average Bonchev–Trinajstić information content (AvgIpc) is 1.93. The number of ketones is 1. The lowest BCUT2D eigenvalue weighted by molar-refractivity contribution is -0.110. The van der Waals surface area contributed by atoms with Crippen LogP contribution in [-0.4, -0.2) is 23.1 Å². The summed E-state index contributed by atoms with van der Waals surface area (Å²) in [5, 5.41) is 9.72. The van der Waals surface area contributed by atoms with Crippen molar-refractivity contribution in [3.63, 3.8) is 0 Å². The van der Waals surface area contributed by atoms with Crippen LogP contribution >= 0.6 is 0 Å². The first-order valence-electron chi connectivity index (χ1n) is 3.22. The van der Waals surface area contributed by atoms with E-state index in [1.54, 1.807) is 12.2 Å². The van der Waals surface area contributed by atoms with Gasteiger partial charge < -0.3 is 0 Å². The molecular formula is C8H9NO2. The van der Waals surface area contributed by atoms with E-state index >= 15 is 0 Å². The summed E-state index contributed by atoms with van der Waals surface area (Å²) in [7, 11) is 1.51. The number of carbonyl (C=O) groups is 1. The molecule has 0 aromatic carbocycles. The summed E-state index contributed by atoms with van der Waals surface area (Å²) in [6.07, 6.45) is 7.72. The number of hydrogen-bond acceptors (Lipinski definition) is 3. The molecule has 1 aliphatic rings. The smallest absolute Gasteiger partial charge is 0.178 e. The van der Waals surface area contributed by atoms with Gasteiger partial charge in [0.2, 0.25) is 0 Å². The predicted octanol–water partition coefficient (Wildman–Crippen LogP) is 0.886. The number of allylic oxidation sites excluding steroid dienone is 5. The van der Waals surface area contributed by atoms with E-state index in [-0.39, 0.29) is 5.78 Å². The Labute approximate surface area is 64.9 Å². The maximum Gasteiger partial charge on any atom is 0.178 e. The number of nitrogens with zero attached hydrogens (tertiary/aromatic N) is 1. The quantitative estimate of drug-likeness (QED) is 0.566. The van der Waals surface area contributed by atoms with Crippen molar-refractivity contribution in [2.75, 3.05) is 7.05 Å². The van der Waals surface area contributed by atoms with Gasteiger partial charge in [-0.1, -0.05) is 0 Å². The van der Waals surface area contributed by atoms with Crippen LogP contribution in [0.4, 0.5) is 0 Å². The summed E-state index contributed by atoms with van der Waals surface area (Å²) in [5.74, 6) is -0.0252. The minimum Gasteiger partial charge on any atom is -0.290 e. The molecule has 0 spiro atoms. The molecule has 0 aromatic heterocycles. The van der Waals surface area contributed by atoms with Crippen molar-refractivity contribution in [1.29, 1.82) is 0 Å². The highest BCUT2D eigenvalue weighted by Crippen LogP contribution is 2.05. The first-order valence-corrected chi connectivity index (χ1v) is 3.22. The van der Waals surface area contributed by atoms with Gasteiger partial charge >= 0.3 is 0 Å². The number of carbonyl (C=O) groups excluding carboxylic acids is 1. The Kier molecular flexibility index (Phi) is 2.23. The molecular weight excluding hydrogens is 142 g/mol. The van der Waals surface area contributed by atoms with Crippen LogP contribution < -0.4 is 0 Å². The molecule has 3 nitrogen and oxygen atoms in total. The Morgan fingerprint density at radius 2 is 1.91 bits per heavy atom. The molecule has 0 aromatic rings. The van der Waals surface area contributed by atoms with E-state index in [1.807, 2.05) is 0 Å². The number of hydroxylamine groups is 2. The SMILES string of the molecule is CN(O)C=C1C=CC(=O)C=C1. The van der Waals surface area contributed by atoms with Crippen LogP contribution in [0.3, 0.4) is 0 Å². The first-order chi connectivity index (χ1) is 5.18. The molecule has 1 aliphatic carbocycles. The van der Waals surface area contributed by atoms with Crippen molar-refractivity contribution < 1.29 is 10.0 Å². The Morgan fingerprint density at radius 1 is 1.36 bits per heavy atom. The van der Waals surface area contributed by atoms with Crippen molar-refractivity contribution in [3.05, 3.63) is 36.1 Å². The number of hydrogen-bond donors (Lipinski definition) is 1. The number of rotatable bonds is 1.